The third kappa shape index (κ3) is 4.11. The lowest BCUT2D eigenvalue weighted by Crippen LogP contribution is -2.18. The van der Waals surface area contributed by atoms with Crippen LogP contribution in [-0.2, 0) is 26.1 Å². The third-order valence-corrected chi connectivity index (χ3v) is 5.76. The van der Waals surface area contributed by atoms with Gasteiger partial charge in [0.15, 0.2) is 5.69 Å². The van der Waals surface area contributed by atoms with E-state index in [-0.39, 0.29) is 23.7 Å². The summed E-state index contributed by atoms with van der Waals surface area (Å²) in [4.78, 5) is 17.5. The second-order valence-corrected chi connectivity index (χ2v) is 7.70. The number of nitrogens with one attached hydrogen (secondary N) is 1. The summed E-state index contributed by atoms with van der Waals surface area (Å²) in [5, 5.41) is 11.3. The van der Waals surface area contributed by atoms with Crippen LogP contribution >= 0.6 is 12.4 Å². The van der Waals surface area contributed by atoms with Crippen LogP contribution in [0.25, 0.3) is 28.1 Å². The fourth-order valence-electron chi connectivity index (χ4n) is 4.16. The van der Waals surface area contributed by atoms with Crippen LogP contribution in [0.1, 0.15) is 17.0 Å². The number of alkyl halides is 3. The normalized spacial score (nSPS) is 13.9. The molecular formula is C22H20ClF3N6O. The van der Waals surface area contributed by atoms with Gasteiger partial charge in [-0.2, -0.15) is 13.2 Å². The standard InChI is InChI=1S/C22H19F3N6O.ClH/c1-30-17-7-10-26-9-6-14(17)15-2-5-19(27-21(15)30)31-11-8-13(12-20(31)32)16-3-4-18(29-28-16)22(23,24)25;/h2-5,8,11-12,26H,6-7,9-10H2,1H3;1H. The smallest absolute Gasteiger partial charge is 0.332 e. The average Bonchev–Trinajstić information content (AvgIpc) is 2.93. The van der Waals surface area contributed by atoms with Gasteiger partial charge in [0.25, 0.3) is 5.56 Å². The van der Waals surface area contributed by atoms with Crippen molar-refractivity contribution in [2.24, 2.45) is 7.05 Å². The van der Waals surface area contributed by atoms with Crippen LogP contribution in [0.5, 0.6) is 0 Å². The van der Waals surface area contributed by atoms with E-state index in [9.17, 15) is 18.0 Å². The molecule has 0 bridgehead atoms. The number of aromatic nitrogens is 5. The lowest BCUT2D eigenvalue weighted by molar-refractivity contribution is -0.141. The molecule has 0 aromatic carbocycles. The van der Waals surface area contributed by atoms with Gasteiger partial charge in [0.2, 0.25) is 0 Å². The number of aryl methyl sites for hydroxylation is 1. The van der Waals surface area contributed by atoms with Crippen molar-refractivity contribution in [3.05, 3.63) is 69.9 Å². The van der Waals surface area contributed by atoms with E-state index in [1.165, 1.54) is 28.0 Å². The maximum Gasteiger partial charge on any atom is 0.435 e. The molecular weight excluding hydrogens is 457 g/mol. The number of pyridine rings is 2. The van der Waals surface area contributed by atoms with Gasteiger partial charge in [-0.3, -0.25) is 9.36 Å². The molecule has 0 atom stereocenters. The molecule has 172 valence electrons. The molecule has 4 aromatic heterocycles. The zero-order valence-corrected chi connectivity index (χ0v) is 18.4. The Morgan fingerprint density at radius 2 is 1.82 bits per heavy atom. The Kier molecular flexibility index (Phi) is 5.98. The Labute approximate surface area is 192 Å². The first-order valence-corrected chi connectivity index (χ1v) is 10.2. The number of fused-ring (bicyclic) bond motifs is 3. The van der Waals surface area contributed by atoms with Gasteiger partial charge in [-0.15, -0.1) is 22.6 Å². The van der Waals surface area contributed by atoms with Crippen LogP contribution in [0.15, 0.2) is 47.4 Å². The zero-order chi connectivity index (χ0) is 22.5. The quantitative estimate of drug-likeness (QED) is 0.480. The lowest BCUT2D eigenvalue weighted by Gasteiger charge is -2.08. The monoisotopic (exact) mass is 476 g/mol. The van der Waals surface area contributed by atoms with Crippen LogP contribution < -0.4 is 10.9 Å². The molecule has 0 fully saturated rings. The van der Waals surface area contributed by atoms with Crippen molar-refractivity contribution in [3.8, 4) is 17.1 Å². The van der Waals surface area contributed by atoms with E-state index < -0.39 is 11.9 Å². The van der Waals surface area contributed by atoms with Crippen molar-refractivity contribution >= 4 is 23.4 Å². The molecule has 1 aliphatic heterocycles. The predicted octanol–water partition coefficient (Wildman–Crippen LogP) is 3.31. The number of halogens is 4. The first-order chi connectivity index (χ1) is 15.3. The SMILES string of the molecule is Cl.Cn1c2c(c3ccc(-n4ccc(-c5ccc(C(F)(F)F)nn5)cc4=O)nc31)CCNCC2. The van der Waals surface area contributed by atoms with Gasteiger partial charge in [0.1, 0.15) is 11.5 Å². The molecule has 5 rings (SSSR count). The maximum atomic E-state index is 12.8. The largest absolute Gasteiger partial charge is 0.435 e. The Hall–Kier alpha value is -3.24. The van der Waals surface area contributed by atoms with Crippen molar-refractivity contribution in [2.45, 2.75) is 19.0 Å². The van der Waals surface area contributed by atoms with E-state index in [0.717, 1.165) is 43.0 Å². The molecule has 4 aromatic rings. The second-order valence-electron chi connectivity index (χ2n) is 7.70. The highest BCUT2D eigenvalue weighted by Crippen LogP contribution is 2.28. The van der Waals surface area contributed by atoms with Crippen molar-refractivity contribution in [1.29, 1.82) is 0 Å². The molecule has 0 amide bonds. The second kappa shape index (κ2) is 8.60. The summed E-state index contributed by atoms with van der Waals surface area (Å²) in [6, 6.07) is 8.76. The topological polar surface area (TPSA) is 77.6 Å². The maximum absolute atomic E-state index is 12.8. The van der Waals surface area contributed by atoms with Gasteiger partial charge in [-0.25, -0.2) is 4.98 Å². The molecule has 0 radical (unpaired) electrons. The minimum atomic E-state index is -4.56. The summed E-state index contributed by atoms with van der Waals surface area (Å²) >= 11 is 0. The molecule has 0 spiro atoms. The summed E-state index contributed by atoms with van der Waals surface area (Å²) in [5.74, 6) is 0.474. The van der Waals surface area contributed by atoms with E-state index in [1.807, 2.05) is 13.1 Å². The molecule has 33 heavy (non-hydrogen) atoms. The van der Waals surface area contributed by atoms with Crippen molar-refractivity contribution in [1.82, 2.24) is 29.6 Å². The Morgan fingerprint density at radius 1 is 1.03 bits per heavy atom. The molecule has 1 aliphatic rings. The van der Waals surface area contributed by atoms with Gasteiger partial charge in [-0.1, -0.05) is 0 Å². The number of hydrogen-bond acceptors (Lipinski definition) is 5. The van der Waals surface area contributed by atoms with Crippen LogP contribution in [-0.4, -0.2) is 37.4 Å². The first-order valence-electron chi connectivity index (χ1n) is 10.2. The number of hydrogen-bond donors (Lipinski definition) is 1. The molecule has 0 saturated carbocycles. The van der Waals surface area contributed by atoms with Crippen molar-refractivity contribution < 1.29 is 13.2 Å². The molecule has 0 unspecified atom stereocenters. The van der Waals surface area contributed by atoms with Gasteiger partial charge >= 0.3 is 6.18 Å². The highest BCUT2D eigenvalue weighted by Gasteiger charge is 2.32. The van der Waals surface area contributed by atoms with Gasteiger partial charge in [0, 0.05) is 48.9 Å². The molecule has 0 saturated heterocycles. The van der Waals surface area contributed by atoms with Crippen molar-refractivity contribution in [2.75, 3.05) is 13.1 Å². The third-order valence-electron chi connectivity index (χ3n) is 5.76. The fourth-order valence-corrected chi connectivity index (χ4v) is 4.16. The summed E-state index contributed by atoms with van der Waals surface area (Å²) in [6.45, 7) is 1.83. The van der Waals surface area contributed by atoms with E-state index in [4.69, 9.17) is 4.98 Å². The number of nitrogens with zero attached hydrogens (tertiary/aromatic N) is 5. The van der Waals surface area contributed by atoms with Crippen molar-refractivity contribution in [3.63, 3.8) is 0 Å². The summed E-state index contributed by atoms with van der Waals surface area (Å²) in [7, 11) is 1.98. The average molecular weight is 477 g/mol. The predicted molar refractivity (Wildman–Crippen MR) is 120 cm³/mol. The van der Waals surface area contributed by atoms with Crippen LogP contribution in [0.4, 0.5) is 13.2 Å². The Balaban J connectivity index is 0.00000259. The summed E-state index contributed by atoms with van der Waals surface area (Å²) < 4.78 is 41.6. The molecule has 0 aliphatic carbocycles. The number of rotatable bonds is 2. The summed E-state index contributed by atoms with van der Waals surface area (Å²) in [5.41, 5.74) is 2.48. The van der Waals surface area contributed by atoms with Crippen LogP contribution in [0.2, 0.25) is 0 Å². The van der Waals surface area contributed by atoms with E-state index >= 15 is 0 Å². The highest BCUT2D eigenvalue weighted by molar-refractivity contribution is 5.85. The lowest BCUT2D eigenvalue weighted by atomic mass is 10.1. The Bertz CT molecular complexity index is 1380. The molecule has 11 heteroatoms. The van der Waals surface area contributed by atoms with Gasteiger partial charge in [0.05, 0.1) is 5.69 Å². The fraction of sp³-hybridized carbons (Fsp3) is 0.273. The molecule has 1 N–H and O–H groups in total. The van der Waals surface area contributed by atoms with Gasteiger partial charge < -0.3 is 9.88 Å². The first kappa shape index (κ1) is 22.9. The Morgan fingerprint density at radius 3 is 2.52 bits per heavy atom. The molecule has 5 heterocycles. The van der Waals surface area contributed by atoms with Gasteiger partial charge in [-0.05, 0) is 48.9 Å². The highest BCUT2D eigenvalue weighted by atomic mass is 35.5. The van der Waals surface area contributed by atoms with E-state index in [1.54, 1.807) is 18.3 Å². The summed E-state index contributed by atoms with van der Waals surface area (Å²) in [6.07, 6.45) is -1.18. The van der Waals surface area contributed by atoms with Crippen LogP contribution in [0, 0.1) is 0 Å². The zero-order valence-electron chi connectivity index (χ0n) is 17.6. The van der Waals surface area contributed by atoms with Crippen LogP contribution in [0.3, 0.4) is 0 Å². The van der Waals surface area contributed by atoms with E-state index in [2.05, 4.69) is 20.1 Å². The minimum Gasteiger partial charge on any atom is -0.332 e. The van der Waals surface area contributed by atoms with E-state index in [0.29, 0.717) is 11.4 Å². The minimum absolute atomic E-state index is 0. The molecule has 7 nitrogen and oxygen atoms in total.